The molecule has 18 heavy (non-hydrogen) atoms. The highest BCUT2D eigenvalue weighted by molar-refractivity contribution is 5.89. The summed E-state index contributed by atoms with van der Waals surface area (Å²) in [6.45, 7) is 7.84. The largest absolute Gasteiger partial charge is 0.258 e. The van der Waals surface area contributed by atoms with Crippen LogP contribution >= 0.6 is 0 Å². The molecular formula is C16H20FN. The van der Waals surface area contributed by atoms with Crippen LogP contribution in [0.25, 0.3) is 5.70 Å². The van der Waals surface area contributed by atoms with Crippen molar-refractivity contribution < 1.29 is 4.39 Å². The molecule has 0 radical (unpaired) electrons. The lowest BCUT2D eigenvalue weighted by atomic mass is 10.0. The van der Waals surface area contributed by atoms with Gasteiger partial charge in [-0.25, -0.2) is 4.39 Å². The van der Waals surface area contributed by atoms with Crippen molar-refractivity contribution in [2.75, 3.05) is 0 Å². The van der Waals surface area contributed by atoms with Crippen molar-refractivity contribution in [3.63, 3.8) is 0 Å². The Morgan fingerprint density at radius 1 is 1.33 bits per heavy atom. The van der Waals surface area contributed by atoms with Gasteiger partial charge in [0.25, 0.3) is 0 Å². The van der Waals surface area contributed by atoms with Gasteiger partial charge in [-0.2, -0.15) is 0 Å². The molecule has 96 valence electrons. The first-order chi connectivity index (χ1) is 8.58. The molecule has 2 heteroatoms. The first-order valence-corrected chi connectivity index (χ1v) is 6.58. The van der Waals surface area contributed by atoms with Gasteiger partial charge in [-0.05, 0) is 61.9 Å². The zero-order valence-corrected chi connectivity index (χ0v) is 11.2. The van der Waals surface area contributed by atoms with Crippen LogP contribution in [0.2, 0.25) is 0 Å². The molecule has 1 aromatic carbocycles. The summed E-state index contributed by atoms with van der Waals surface area (Å²) in [5, 5.41) is 0. The lowest BCUT2D eigenvalue weighted by Gasteiger charge is -2.10. The maximum atomic E-state index is 13.2. The number of aryl methyl sites for hydroxylation is 1. The van der Waals surface area contributed by atoms with Gasteiger partial charge in [0.2, 0.25) is 0 Å². The van der Waals surface area contributed by atoms with Crippen molar-refractivity contribution in [3.05, 3.63) is 41.7 Å². The summed E-state index contributed by atoms with van der Waals surface area (Å²) in [6.07, 6.45) is 5.09. The average molecular weight is 245 g/mol. The second-order valence-corrected chi connectivity index (χ2v) is 5.15. The van der Waals surface area contributed by atoms with Crippen molar-refractivity contribution in [3.8, 4) is 0 Å². The monoisotopic (exact) mass is 245 g/mol. The van der Waals surface area contributed by atoms with E-state index in [4.69, 9.17) is 0 Å². The van der Waals surface area contributed by atoms with E-state index < -0.39 is 0 Å². The topological polar surface area (TPSA) is 12.4 Å². The number of halogens is 1. The predicted octanol–water partition coefficient (Wildman–Crippen LogP) is 4.76. The molecule has 0 spiro atoms. The lowest BCUT2D eigenvalue weighted by molar-refractivity contribution is 0.618. The third kappa shape index (κ3) is 2.87. The number of benzene rings is 1. The molecule has 0 aliphatic heterocycles. The Kier molecular flexibility index (Phi) is 3.95. The van der Waals surface area contributed by atoms with Gasteiger partial charge >= 0.3 is 0 Å². The van der Waals surface area contributed by atoms with Crippen LogP contribution in [-0.4, -0.2) is 5.71 Å². The van der Waals surface area contributed by atoms with Gasteiger partial charge in [-0.1, -0.05) is 19.4 Å². The average Bonchev–Trinajstić information content (AvgIpc) is 2.86. The van der Waals surface area contributed by atoms with Gasteiger partial charge in [-0.15, -0.1) is 0 Å². The van der Waals surface area contributed by atoms with E-state index in [1.807, 2.05) is 6.07 Å². The van der Waals surface area contributed by atoms with Crippen molar-refractivity contribution >= 4 is 11.4 Å². The van der Waals surface area contributed by atoms with Crippen LogP contribution in [0.5, 0.6) is 0 Å². The highest BCUT2D eigenvalue weighted by atomic mass is 19.1. The minimum atomic E-state index is -0.178. The van der Waals surface area contributed by atoms with E-state index in [0.29, 0.717) is 11.5 Å². The molecule has 1 aliphatic carbocycles. The quantitative estimate of drug-likeness (QED) is 0.681. The summed E-state index contributed by atoms with van der Waals surface area (Å²) in [5.74, 6) is 0.436. The molecule has 0 unspecified atom stereocenters. The Bertz CT molecular complexity index is 482. The Hall–Kier alpha value is -1.44. The molecule has 0 saturated heterocycles. The standard InChI is InChI=1S/C16H20FN/c1-11-10-15(8-9-16(11)17)13(3)18-12(2)14-6-4-5-7-14/h8-10,14H,3-7H2,1-2H3. The van der Waals surface area contributed by atoms with Crippen LogP contribution in [-0.2, 0) is 0 Å². The van der Waals surface area contributed by atoms with Crippen molar-refractivity contribution in [1.29, 1.82) is 0 Å². The van der Waals surface area contributed by atoms with Gasteiger partial charge in [0, 0.05) is 5.71 Å². The molecule has 1 nitrogen and oxygen atoms in total. The fourth-order valence-corrected chi connectivity index (χ4v) is 2.54. The van der Waals surface area contributed by atoms with Gasteiger partial charge in [0.05, 0.1) is 5.70 Å². The Labute approximate surface area is 108 Å². The zero-order valence-electron chi connectivity index (χ0n) is 11.2. The van der Waals surface area contributed by atoms with E-state index in [1.54, 1.807) is 13.0 Å². The van der Waals surface area contributed by atoms with E-state index >= 15 is 0 Å². The summed E-state index contributed by atoms with van der Waals surface area (Å²) in [5.41, 5.74) is 3.45. The summed E-state index contributed by atoms with van der Waals surface area (Å²) in [4.78, 5) is 4.60. The van der Waals surface area contributed by atoms with Gasteiger partial charge in [0.15, 0.2) is 0 Å². The second-order valence-electron chi connectivity index (χ2n) is 5.15. The van der Waals surface area contributed by atoms with Crippen LogP contribution in [0.15, 0.2) is 29.8 Å². The smallest absolute Gasteiger partial charge is 0.126 e. The molecule has 0 heterocycles. The predicted molar refractivity (Wildman–Crippen MR) is 75.2 cm³/mol. The Morgan fingerprint density at radius 2 is 2.00 bits per heavy atom. The van der Waals surface area contributed by atoms with Crippen LogP contribution in [0.4, 0.5) is 4.39 Å². The first kappa shape index (κ1) is 13.0. The Balaban J connectivity index is 2.15. The van der Waals surface area contributed by atoms with E-state index in [1.165, 1.54) is 37.5 Å². The van der Waals surface area contributed by atoms with Crippen LogP contribution in [0.1, 0.15) is 43.7 Å². The van der Waals surface area contributed by atoms with Crippen molar-refractivity contribution in [2.24, 2.45) is 10.9 Å². The summed E-state index contributed by atoms with van der Waals surface area (Å²) >= 11 is 0. The lowest BCUT2D eigenvalue weighted by Crippen LogP contribution is -2.06. The van der Waals surface area contributed by atoms with E-state index in [2.05, 4.69) is 18.5 Å². The van der Waals surface area contributed by atoms with Gasteiger partial charge in [0.1, 0.15) is 5.82 Å². The van der Waals surface area contributed by atoms with Gasteiger partial charge in [-0.3, -0.25) is 4.99 Å². The molecule has 0 amide bonds. The van der Waals surface area contributed by atoms with Crippen LogP contribution in [0.3, 0.4) is 0 Å². The molecule has 0 aromatic heterocycles. The molecule has 0 N–H and O–H groups in total. The van der Waals surface area contributed by atoms with Gasteiger partial charge < -0.3 is 0 Å². The molecule has 1 fully saturated rings. The third-order valence-corrected chi connectivity index (χ3v) is 3.75. The fourth-order valence-electron chi connectivity index (χ4n) is 2.54. The maximum absolute atomic E-state index is 13.2. The molecule has 1 aliphatic rings. The first-order valence-electron chi connectivity index (χ1n) is 6.58. The molecule has 2 rings (SSSR count). The van der Waals surface area contributed by atoms with E-state index in [9.17, 15) is 4.39 Å². The van der Waals surface area contributed by atoms with Crippen LogP contribution < -0.4 is 0 Å². The molecule has 1 saturated carbocycles. The van der Waals surface area contributed by atoms with Crippen LogP contribution in [0, 0.1) is 18.7 Å². The molecular weight excluding hydrogens is 225 g/mol. The molecule has 0 atom stereocenters. The Morgan fingerprint density at radius 3 is 2.61 bits per heavy atom. The maximum Gasteiger partial charge on any atom is 0.126 e. The number of rotatable bonds is 3. The number of hydrogen-bond acceptors (Lipinski definition) is 1. The minimum Gasteiger partial charge on any atom is -0.258 e. The number of hydrogen-bond donors (Lipinski definition) is 0. The molecule has 0 bridgehead atoms. The highest BCUT2D eigenvalue weighted by Gasteiger charge is 2.17. The third-order valence-electron chi connectivity index (χ3n) is 3.75. The van der Waals surface area contributed by atoms with Crippen molar-refractivity contribution in [2.45, 2.75) is 39.5 Å². The van der Waals surface area contributed by atoms with E-state index in [-0.39, 0.29) is 5.82 Å². The number of nitrogens with zero attached hydrogens (tertiary/aromatic N) is 1. The van der Waals surface area contributed by atoms with Crippen molar-refractivity contribution in [1.82, 2.24) is 0 Å². The number of aliphatic imine (C=N–C) groups is 1. The molecule has 1 aromatic rings. The normalized spacial score (nSPS) is 17.2. The minimum absolute atomic E-state index is 0.178. The summed E-state index contributed by atoms with van der Waals surface area (Å²) in [6, 6.07) is 5.04. The van der Waals surface area contributed by atoms with E-state index in [0.717, 1.165) is 11.3 Å². The SMILES string of the molecule is C=C(N=C(C)C1CCCC1)c1ccc(F)c(C)c1. The summed E-state index contributed by atoms with van der Waals surface area (Å²) in [7, 11) is 0. The fraction of sp³-hybridized carbons (Fsp3) is 0.438. The second kappa shape index (κ2) is 5.47. The highest BCUT2D eigenvalue weighted by Crippen LogP contribution is 2.27. The summed E-state index contributed by atoms with van der Waals surface area (Å²) < 4.78 is 13.2. The zero-order chi connectivity index (χ0) is 13.1.